The third kappa shape index (κ3) is 6.41. The summed E-state index contributed by atoms with van der Waals surface area (Å²) < 4.78 is 0. The highest BCUT2D eigenvalue weighted by molar-refractivity contribution is 5.99. The lowest BCUT2D eigenvalue weighted by molar-refractivity contribution is 0.136. The average molecular weight is 464 g/mol. The van der Waals surface area contributed by atoms with Crippen molar-refractivity contribution in [1.82, 2.24) is 0 Å². The standard InChI is InChI=1S/C30H45N3O/c1-6-7-17-29(34)23(4)27-20-26(19-18-21(27)2)33(25-14-10-8-9-11-15-25)24(5)32-28-16-12-13-22(3)30(28)31/h12-13,16,18-20,23,25,29,34H,6-11,14-15,17,31H2,1-5H3/b32-24+. The molecule has 3 N–H and O–H groups in total. The van der Waals surface area contributed by atoms with Crippen molar-refractivity contribution in [3.8, 4) is 0 Å². The molecular weight excluding hydrogens is 418 g/mol. The Bertz CT molecular complexity index is 960. The number of nitrogen functional groups attached to an aromatic ring is 1. The molecule has 4 heteroatoms. The van der Waals surface area contributed by atoms with Crippen LogP contribution in [0.2, 0.25) is 0 Å². The van der Waals surface area contributed by atoms with Crippen LogP contribution >= 0.6 is 0 Å². The number of rotatable bonds is 8. The van der Waals surface area contributed by atoms with E-state index in [0.29, 0.717) is 6.04 Å². The molecule has 0 spiro atoms. The molecule has 1 fully saturated rings. The molecule has 2 unspecified atom stereocenters. The van der Waals surface area contributed by atoms with Crippen LogP contribution in [0, 0.1) is 13.8 Å². The molecule has 0 amide bonds. The minimum atomic E-state index is -0.318. The van der Waals surface area contributed by atoms with E-state index in [1.54, 1.807) is 0 Å². The molecule has 4 nitrogen and oxygen atoms in total. The zero-order valence-corrected chi connectivity index (χ0v) is 22.0. The summed E-state index contributed by atoms with van der Waals surface area (Å²) in [5.74, 6) is 1.09. The first-order chi connectivity index (χ1) is 16.3. The number of para-hydroxylation sites is 1. The Kier molecular flexibility index (Phi) is 9.58. The van der Waals surface area contributed by atoms with Crippen molar-refractivity contribution in [2.24, 2.45) is 4.99 Å². The van der Waals surface area contributed by atoms with Crippen LogP contribution in [-0.2, 0) is 0 Å². The maximum Gasteiger partial charge on any atom is 0.106 e. The van der Waals surface area contributed by atoms with Crippen molar-refractivity contribution in [3.05, 3.63) is 53.1 Å². The summed E-state index contributed by atoms with van der Waals surface area (Å²) in [4.78, 5) is 7.49. The summed E-state index contributed by atoms with van der Waals surface area (Å²) >= 11 is 0. The van der Waals surface area contributed by atoms with Crippen LogP contribution in [0.25, 0.3) is 0 Å². The molecule has 0 radical (unpaired) electrons. The molecule has 0 aromatic heterocycles. The smallest absolute Gasteiger partial charge is 0.106 e. The number of aliphatic hydroxyl groups excluding tert-OH is 1. The monoisotopic (exact) mass is 463 g/mol. The minimum Gasteiger partial charge on any atom is -0.397 e. The maximum atomic E-state index is 10.9. The summed E-state index contributed by atoms with van der Waals surface area (Å²) in [7, 11) is 0. The molecule has 2 aromatic carbocycles. The van der Waals surface area contributed by atoms with Gasteiger partial charge in [0.2, 0.25) is 0 Å². The van der Waals surface area contributed by atoms with Crippen LogP contribution in [0.4, 0.5) is 17.1 Å². The number of hydrogen-bond acceptors (Lipinski definition) is 3. The molecule has 34 heavy (non-hydrogen) atoms. The second kappa shape index (κ2) is 12.4. The third-order valence-electron chi connectivity index (χ3n) is 7.58. The van der Waals surface area contributed by atoms with Crippen molar-refractivity contribution < 1.29 is 5.11 Å². The quantitative estimate of drug-likeness (QED) is 0.181. The van der Waals surface area contributed by atoms with Crippen LogP contribution in [0.5, 0.6) is 0 Å². The Hall–Kier alpha value is -2.33. The summed E-state index contributed by atoms with van der Waals surface area (Å²) in [6, 6.07) is 13.2. The highest BCUT2D eigenvalue weighted by Gasteiger charge is 2.25. The van der Waals surface area contributed by atoms with E-state index in [-0.39, 0.29) is 12.0 Å². The number of aliphatic imine (C=N–C) groups is 1. The first-order valence-corrected chi connectivity index (χ1v) is 13.3. The Morgan fingerprint density at radius 3 is 2.47 bits per heavy atom. The van der Waals surface area contributed by atoms with Gasteiger partial charge in [0.15, 0.2) is 0 Å². The van der Waals surface area contributed by atoms with E-state index in [9.17, 15) is 5.11 Å². The van der Waals surface area contributed by atoms with Gasteiger partial charge < -0.3 is 15.7 Å². The zero-order valence-electron chi connectivity index (χ0n) is 22.0. The van der Waals surface area contributed by atoms with E-state index in [1.807, 2.05) is 25.1 Å². The number of anilines is 2. The molecular formula is C30H45N3O. The molecule has 0 saturated heterocycles. The van der Waals surface area contributed by atoms with Crippen LogP contribution in [0.1, 0.15) is 101 Å². The average Bonchev–Trinajstić information content (AvgIpc) is 3.10. The summed E-state index contributed by atoms with van der Waals surface area (Å²) in [5.41, 5.74) is 12.7. The maximum absolute atomic E-state index is 10.9. The van der Waals surface area contributed by atoms with Crippen molar-refractivity contribution >= 4 is 22.9 Å². The number of benzene rings is 2. The lowest BCUT2D eigenvalue weighted by Gasteiger charge is -2.34. The number of unbranched alkanes of at least 4 members (excludes halogenated alkanes) is 1. The third-order valence-corrected chi connectivity index (χ3v) is 7.58. The zero-order chi connectivity index (χ0) is 24.7. The minimum absolute atomic E-state index is 0.104. The van der Waals surface area contributed by atoms with E-state index in [1.165, 1.54) is 55.3 Å². The van der Waals surface area contributed by atoms with Gasteiger partial charge in [-0.1, -0.05) is 70.6 Å². The SMILES string of the molecule is CCCCC(O)C(C)c1cc(N(/C(C)=N/c2cccc(C)c2N)C2CCCCCC2)ccc1C. The fraction of sp³-hybridized carbons (Fsp3) is 0.567. The van der Waals surface area contributed by atoms with Gasteiger partial charge in [-0.3, -0.25) is 0 Å². The van der Waals surface area contributed by atoms with Gasteiger partial charge in [0, 0.05) is 17.6 Å². The van der Waals surface area contributed by atoms with Crippen LogP contribution in [0.3, 0.4) is 0 Å². The summed E-state index contributed by atoms with van der Waals surface area (Å²) in [6.07, 6.45) is 10.2. The number of nitrogens with two attached hydrogens (primary N) is 1. The molecule has 1 aliphatic carbocycles. The molecule has 1 saturated carbocycles. The number of aliphatic hydroxyl groups is 1. The normalized spacial score (nSPS) is 17.3. The Balaban J connectivity index is 2.02. The molecule has 186 valence electrons. The van der Waals surface area contributed by atoms with Crippen molar-refractivity contribution in [2.75, 3.05) is 10.6 Å². The van der Waals surface area contributed by atoms with E-state index in [0.717, 1.165) is 42.0 Å². The topological polar surface area (TPSA) is 61.8 Å². The van der Waals surface area contributed by atoms with E-state index in [2.05, 4.69) is 50.8 Å². The summed E-state index contributed by atoms with van der Waals surface area (Å²) in [5, 5.41) is 10.9. The summed E-state index contributed by atoms with van der Waals surface area (Å²) in [6.45, 7) is 10.6. The van der Waals surface area contributed by atoms with Crippen LogP contribution in [0.15, 0.2) is 41.4 Å². The van der Waals surface area contributed by atoms with Gasteiger partial charge in [-0.25, -0.2) is 4.99 Å². The predicted octanol–water partition coefficient (Wildman–Crippen LogP) is 7.82. The number of nitrogens with zero attached hydrogens (tertiary/aromatic N) is 2. The highest BCUT2D eigenvalue weighted by atomic mass is 16.3. The fourth-order valence-electron chi connectivity index (χ4n) is 5.31. The Morgan fingerprint density at radius 1 is 1.09 bits per heavy atom. The number of aryl methyl sites for hydroxylation is 2. The van der Waals surface area contributed by atoms with E-state index < -0.39 is 0 Å². The molecule has 2 aromatic rings. The lowest BCUT2D eigenvalue weighted by atomic mass is 9.88. The molecule has 0 aliphatic heterocycles. The number of hydrogen-bond donors (Lipinski definition) is 2. The Morgan fingerprint density at radius 2 is 1.79 bits per heavy atom. The lowest BCUT2D eigenvalue weighted by Crippen LogP contribution is -2.39. The largest absolute Gasteiger partial charge is 0.397 e. The first kappa shape index (κ1) is 26.3. The van der Waals surface area contributed by atoms with E-state index in [4.69, 9.17) is 10.7 Å². The highest BCUT2D eigenvalue weighted by Crippen LogP contribution is 2.34. The molecule has 3 rings (SSSR count). The van der Waals surface area contributed by atoms with Crippen LogP contribution < -0.4 is 10.6 Å². The predicted molar refractivity (Wildman–Crippen MR) is 147 cm³/mol. The second-order valence-corrected chi connectivity index (χ2v) is 10.2. The molecule has 1 aliphatic rings. The number of amidine groups is 1. The Labute approximate surface area is 207 Å². The van der Waals surface area contributed by atoms with Crippen molar-refractivity contribution in [1.29, 1.82) is 0 Å². The van der Waals surface area contributed by atoms with Gasteiger partial charge in [0.05, 0.1) is 17.5 Å². The van der Waals surface area contributed by atoms with Gasteiger partial charge in [0.25, 0.3) is 0 Å². The van der Waals surface area contributed by atoms with Gasteiger partial charge in [-0.2, -0.15) is 0 Å². The van der Waals surface area contributed by atoms with Gasteiger partial charge in [-0.05, 0) is 74.9 Å². The first-order valence-electron chi connectivity index (χ1n) is 13.3. The molecule has 0 bridgehead atoms. The van der Waals surface area contributed by atoms with Crippen molar-refractivity contribution in [2.45, 2.75) is 110 Å². The second-order valence-electron chi connectivity index (χ2n) is 10.2. The molecule has 0 heterocycles. The van der Waals surface area contributed by atoms with E-state index >= 15 is 0 Å². The van der Waals surface area contributed by atoms with Crippen molar-refractivity contribution in [3.63, 3.8) is 0 Å². The fourth-order valence-corrected chi connectivity index (χ4v) is 5.31. The molecule has 2 atom stereocenters. The van der Waals surface area contributed by atoms with Gasteiger partial charge >= 0.3 is 0 Å². The van der Waals surface area contributed by atoms with Gasteiger partial charge in [-0.15, -0.1) is 0 Å². The van der Waals surface area contributed by atoms with Gasteiger partial charge in [0.1, 0.15) is 5.84 Å². The van der Waals surface area contributed by atoms with Crippen LogP contribution in [-0.4, -0.2) is 23.1 Å².